The first-order chi connectivity index (χ1) is 9.58. The number of benzene rings is 2. The summed E-state index contributed by atoms with van der Waals surface area (Å²) in [5, 5.41) is 3.35. The molecule has 1 nitrogen and oxygen atoms in total. The van der Waals surface area contributed by atoms with Crippen LogP contribution in [0.2, 0.25) is 0 Å². The van der Waals surface area contributed by atoms with Crippen LogP contribution in [-0.4, -0.2) is 13.3 Å². The third-order valence-electron chi connectivity index (χ3n) is 3.53. The minimum Gasteiger partial charge on any atom is -0.309 e. The SMILES string of the molecule is CNC(c1cc(C)c(F)c(C)c1)c1ccccc1SC. The predicted molar refractivity (Wildman–Crippen MR) is 85.0 cm³/mol. The van der Waals surface area contributed by atoms with Crippen molar-refractivity contribution in [2.24, 2.45) is 0 Å². The van der Waals surface area contributed by atoms with Crippen molar-refractivity contribution in [1.29, 1.82) is 0 Å². The van der Waals surface area contributed by atoms with Gasteiger partial charge in [0.2, 0.25) is 0 Å². The first kappa shape index (κ1) is 15.1. The van der Waals surface area contributed by atoms with Crippen molar-refractivity contribution in [2.45, 2.75) is 24.8 Å². The van der Waals surface area contributed by atoms with Gasteiger partial charge in [-0.05, 0) is 55.5 Å². The summed E-state index contributed by atoms with van der Waals surface area (Å²) in [5.41, 5.74) is 3.72. The molecule has 0 amide bonds. The molecule has 0 saturated carbocycles. The fraction of sp³-hybridized carbons (Fsp3) is 0.294. The number of aryl methyl sites for hydroxylation is 2. The van der Waals surface area contributed by atoms with E-state index in [4.69, 9.17) is 0 Å². The minimum absolute atomic E-state index is 0.0802. The molecule has 2 rings (SSSR count). The third-order valence-corrected chi connectivity index (χ3v) is 4.34. The monoisotopic (exact) mass is 289 g/mol. The second-order valence-corrected chi connectivity index (χ2v) is 5.78. The summed E-state index contributed by atoms with van der Waals surface area (Å²) in [6, 6.07) is 12.3. The lowest BCUT2D eigenvalue weighted by Gasteiger charge is -2.21. The summed E-state index contributed by atoms with van der Waals surface area (Å²) >= 11 is 1.73. The van der Waals surface area contributed by atoms with Crippen molar-refractivity contribution in [3.8, 4) is 0 Å². The van der Waals surface area contributed by atoms with Gasteiger partial charge in [-0.1, -0.05) is 30.3 Å². The average molecular weight is 289 g/mol. The maximum absolute atomic E-state index is 13.8. The van der Waals surface area contributed by atoms with Gasteiger partial charge in [-0.15, -0.1) is 11.8 Å². The van der Waals surface area contributed by atoms with Crippen LogP contribution in [0.25, 0.3) is 0 Å². The first-order valence-electron chi connectivity index (χ1n) is 6.65. The molecule has 20 heavy (non-hydrogen) atoms. The smallest absolute Gasteiger partial charge is 0.129 e. The Morgan fingerprint density at radius 3 is 2.25 bits per heavy atom. The number of hydrogen-bond acceptors (Lipinski definition) is 2. The van der Waals surface area contributed by atoms with E-state index in [0.29, 0.717) is 11.1 Å². The van der Waals surface area contributed by atoms with Crippen molar-refractivity contribution >= 4 is 11.8 Å². The van der Waals surface area contributed by atoms with Gasteiger partial charge in [-0.2, -0.15) is 0 Å². The lowest BCUT2D eigenvalue weighted by atomic mass is 9.95. The Morgan fingerprint density at radius 2 is 1.70 bits per heavy atom. The number of rotatable bonds is 4. The molecule has 0 saturated heterocycles. The molecule has 106 valence electrons. The quantitative estimate of drug-likeness (QED) is 0.833. The maximum atomic E-state index is 13.8. The molecular weight excluding hydrogens is 269 g/mol. The van der Waals surface area contributed by atoms with Gasteiger partial charge in [0.1, 0.15) is 5.82 Å². The zero-order valence-electron chi connectivity index (χ0n) is 12.3. The maximum Gasteiger partial charge on any atom is 0.129 e. The van der Waals surface area contributed by atoms with Crippen molar-refractivity contribution in [3.63, 3.8) is 0 Å². The van der Waals surface area contributed by atoms with E-state index in [-0.39, 0.29) is 11.9 Å². The Kier molecular flexibility index (Phi) is 4.84. The van der Waals surface area contributed by atoms with E-state index in [0.717, 1.165) is 5.56 Å². The van der Waals surface area contributed by atoms with Crippen LogP contribution in [0.3, 0.4) is 0 Å². The molecule has 1 atom stereocenters. The number of nitrogens with one attached hydrogen (secondary N) is 1. The van der Waals surface area contributed by atoms with Gasteiger partial charge in [0.25, 0.3) is 0 Å². The number of thioether (sulfide) groups is 1. The summed E-state index contributed by atoms with van der Waals surface area (Å²) in [5.74, 6) is -0.109. The Balaban J connectivity index is 2.52. The summed E-state index contributed by atoms with van der Waals surface area (Å²) in [4.78, 5) is 1.24. The van der Waals surface area contributed by atoms with Gasteiger partial charge in [0, 0.05) is 4.90 Å². The highest BCUT2D eigenvalue weighted by molar-refractivity contribution is 7.98. The Labute approximate surface area is 124 Å². The molecule has 0 heterocycles. The van der Waals surface area contributed by atoms with Crippen LogP contribution in [-0.2, 0) is 0 Å². The third kappa shape index (κ3) is 2.89. The summed E-state index contributed by atoms with van der Waals surface area (Å²) in [6.07, 6.45) is 2.08. The van der Waals surface area contributed by atoms with Crippen LogP contribution < -0.4 is 5.32 Å². The zero-order valence-corrected chi connectivity index (χ0v) is 13.1. The molecule has 0 aliphatic heterocycles. The molecule has 2 aromatic carbocycles. The largest absolute Gasteiger partial charge is 0.309 e. The fourth-order valence-electron chi connectivity index (χ4n) is 2.55. The zero-order chi connectivity index (χ0) is 14.7. The Morgan fingerprint density at radius 1 is 1.10 bits per heavy atom. The normalized spacial score (nSPS) is 12.4. The van der Waals surface area contributed by atoms with E-state index in [1.165, 1.54) is 10.5 Å². The summed E-state index contributed by atoms with van der Waals surface area (Å²) < 4.78 is 13.8. The van der Waals surface area contributed by atoms with Crippen molar-refractivity contribution in [2.75, 3.05) is 13.3 Å². The van der Waals surface area contributed by atoms with Gasteiger partial charge in [-0.3, -0.25) is 0 Å². The van der Waals surface area contributed by atoms with Gasteiger partial charge < -0.3 is 5.32 Å². The second kappa shape index (κ2) is 6.42. The van der Waals surface area contributed by atoms with Crippen LogP contribution in [0.5, 0.6) is 0 Å². The molecule has 0 radical (unpaired) electrons. The van der Waals surface area contributed by atoms with E-state index in [9.17, 15) is 4.39 Å². The molecule has 0 aliphatic rings. The van der Waals surface area contributed by atoms with E-state index in [1.54, 1.807) is 11.8 Å². The Hall–Kier alpha value is -1.32. The lowest BCUT2D eigenvalue weighted by Crippen LogP contribution is -2.19. The van der Waals surface area contributed by atoms with Crippen LogP contribution in [0.15, 0.2) is 41.3 Å². The molecule has 0 aromatic heterocycles. The fourth-order valence-corrected chi connectivity index (χ4v) is 3.19. The summed E-state index contributed by atoms with van der Waals surface area (Å²) in [6.45, 7) is 3.64. The van der Waals surface area contributed by atoms with Gasteiger partial charge in [-0.25, -0.2) is 4.39 Å². The van der Waals surface area contributed by atoms with Crippen molar-refractivity contribution in [1.82, 2.24) is 5.32 Å². The van der Waals surface area contributed by atoms with Crippen molar-refractivity contribution < 1.29 is 4.39 Å². The summed E-state index contributed by atoms with van der Waals surface area (Å²) in [7, 11) is 1.94. The first-order valence-corrected chi connectivity index (χ1v) is 7.87. The standard InChI is InChI=1S/C17H20FNS/c1-11-9-13(10-12(2)16(11)18)17(19-3)14-7-5-6-8-15(14)20-4/h5-10,17,19H,1-4H3. The van der Waals surface area contributed by atoms with Crippen LogP contribution in [0.4, 0.5) is 4.39 Å². The molecular formula is C17H20FNS. The van der Waals surface area contributed by atoms with Crippen LogP contribution in [0, 0.1) is 19.7 Å². The van der Waals surface area contributed by atoms with Gasteiger partial charge in [0.05, 0.1) is 6.04 Å². The molecule has 2 aromatic rings. The molecule has 0 aliphatic carbocycles. The van der Waals surface area contributed by atoms with Crippen molar-refractivity contribution in [3.05, 3.63) is 64.5 Å². The molecule has 0 fully saturated rings. The average Bonchev–Trinajstić information content (AvgIpc) is 2.46. The molecule has 1 N–H and O–H groups in total. The van der Waals surface area contributed by atoms with E-state index in [1.807, 2.05) is 45.2 Å². The number of hydrogen-bond donors (Lipinski definition) is 1. The van der Waals surface area contributed by atoms with Gasteiger partial charge in [0.15, 0.2) is 0 Å². The van der Waals surface area contributed by atoms with Crippen LogP contribution >= 0.6 is 11.8 Å². The minimum atomic E-state index is -0.109. The highest BCUT2D eigenvalue weighted by Gasteiger charge is 2.17. The second-order valence-electron chi connectivity index (χ2n) is 4.93. The van der Waals surface area contributed by atoms with E-state index >= 15 is 0 Å². The van der Waals surface area contributed by atoms with E-state index in [2.05, 4.69) is 23.7 Å². The Bertz CT molecular complexity index is 587. The predicted octanol–water partition coefficient (Wildman–Crippen LogP) is 4.47. The topological polar surface area (TPSA) is 12.0 Å². The molecule has 1 unspecified atom stereocenters. The number of halogens is 1. The highest BCUT2D eigenvalue weighted by Crippen LogP contribution is 2.31. The molecule has 3 heteroatoms. The highest BCUT2D eigenvalue weighted by atomic mass is 32.2. The lowest BCUT2D eigenvalue weighted by molar-refractivity contribution is 0.604. The molecule has 0 spiro atoms. The van der Waals surface area contributed by atoms with Crippen LogP contribution in [0.1, 0.15) is 28.3 Å². The molecule has 0 bridgehead atoms. The van der Waals surface area contributed by atoms with E-state index < -0.39 is 0 Å². The van der Waals surface area contributed by atoms with Gasteiger partial charge >= 0.3 is 0 Å².